The van der Waals surface area contributed by atoms with Crippen molar-refractivity contribution in [3.63, 3.8) is 0 Å². The molecule has 1 amide bonds. The van der Waals surface area contributed by atoms with E-state index in [2.05, 4.69) is 29.6 Å². The number of fused-ring (bicyclic) bond motifs is 1. The molecule has 1 aromatic carbocycles. The number of nitrogens with one attached hydrogen (secondary N) is 1. The molecule has 3 nitrogen and oxygen atoms in total. The predicted octanol–water partition coefficient (Wildman–Crippen LogP) is 2.56. The smallest absolute Gasteiger partial charge is 0.220 e. The second-order valence-corrected chi connectivity index (χ2v) is 6.86. The van der Waals surface area contributed by atoms with Crippen molar-refractivity contribution < 1.29 is 9.53 Å². The first-order valence-corrected chi connectivity index (χ1v) is 8.41. The minimum atomic E-state index is 0.171. The molecule has 0 radical (unpaired) electrons. The van der Waals surface area contributed by atoms with E-state index < -0.39 is 0 Å². The van der Waals surface area contributed by atoms with E-state index in [4.69, 9.17) is 4.74 Å². The summed E-state index contributed by atoms with van der Waals surface area (Å²) in [6, 6.07) is 8.60. The monoisotopic (exact) mass is 291 g/mol. The molecule has 0 spiro atoms. The Labute approximate surface area is 124 Å². The van der Waals surface area contributed by atoms with Crippen LogP contribution in [-0.4, -0.2) is 31.4 Å². The van der Waals surface area contributed by atoms with Gasteiger partial charge in [0, 0.05) is 31.4 Å². The van der Waals surface area contributed by atoms with Crippen molar-refractivity contribution in [2.24, 2.45) is 5.92 Å². The molecule has 0 saturated carbocycles. The van der Waals surface area contributed by atoms with Crippen LogP contribution in [0.1, 0.15) is 29.2 Å². The van der Waals surface area contributed by atoms with Gasteiger partial charge in [0.25, 0.3) is 0 Å². The Bertz CT molecular complexity index is 471. The minimum absolute atomic E-state index is 0.171. The zero-order chi connectivity index (χ0) is 13.8. The molecule has 2 heterocycles. The Kier molecular flexibility index (Phi) is 4.63. The third-order valence-corrected chi connectivity index (χ3v) is 5.34. The zero-order valence-electron chi connectivity index (χ0n) is 11.6. The molecule has 0 bridgehead atoms. The first kappa shape index (κ1) is 14.0. The Morgan fingerprint density at radius 3 is 3.15 bits per heavy atom. The van der Waals surface area contributed by atoms with E-state index in [1.54, 1.807) is 0 Å². The maximum absolute atomic E-state index is 12.0. The molecule has 2 aliphatic heterocycles. The number of thioether (sulfide) groups is 1. The van der Waals surface area contributed by atoms with Crippen LogP contribution in [0.5, 0.6) is 0 Å². The van der Waals surface area contributed by atoms with Gasteiger partial charge in [-0.2, -0.15) is 11.8 Å². The lowest BCUT2D eigenvalue weighted by molar-refractivity contribution is -0.122. The highest BCUT2D eigenvalue weighted by Gasteiger charge is 2.22. The van der Waals surface area contributed by atoms with Gasteiger partial charge in [0.15, 0.2) is 0 Å². The molecule has 1 aromatic rings. The van der Waals surface area contributed by atoms with E-state index in [-0.39, 0.29) is 5.91 Å². The van der Waals surface area contributed by atoms with Crippen LogP contribution in [0.3, 0.4) is 0 Å². The molecule has 2 atom stereocenters. The predicted molar refractivity (Wildman–Crippen MR) is 81.9 cm³/mol. The van der Waals surface area contributed by atoms with Crippen molar-refractivity contribution in [3.8, 4) is 0 Å². The third kappa shape index (κ3) is 3.36. The van der Waals surface area contributed by atoms with E-state index in [1.807, 2.05) is 11.8 Å². The van der Waals surface area contributed by atoms with Gasteiger partial charge in [0.05, 0.1) is 0 Å². The average molecular weight is 291 g/mol. The number of carbonyl (C=O) groups excluding carboxylic acids is 1. The van der Waals surface area contributed by atoms with Crippen LogP contribution in [0, 0.1) is 5.92 Å². The lowest BCUT2D eigenvalue weighted by atomic mass is 10.0. The van der Waals surface area contributed by atoms with Crippen LogP contribution in [0.2, 0.25) is 0 Å². The number of hydrogen-bond donors (Lipinski definition) is 1. The molecular weight excluding hydrogens is 270 g/mol. The fourth-order valence-electron chi connectivity index (χ4n) is 2.93. The summed E-state index contributed by atoms with van der Waals surface area (Å²) in [6.45, 7) is 2.30. The van der Waals surface area contributed by atoms with E-state index in [0.717, 1.165) is 38.4 Å². The molecule has 1 fully saturated rings. The van der Waals surface area contributed by atoms with Gasteiger partial charge in [0.1, 0.15) is 0 Å². The van der Waals surface area contributed by atoms with Gasteiger partial charge >= 0.3 is 0 Å². The summed E-state index contributed by atoms with van der Waals surface area (Å²) in [7, 11) is 0. The highest BCUT2D eigenvalue weighted by Crippen LogP contribution is 2.35. The molecule has 0 aromatic heterocycles. The first-order valence-electron chi connectivity index (χ1n) is 7.37. The summed E-state index contributed by atoms with van der Waals surface area (Å²) in [5.41, 5.74) is 2.84. The van der Waals surface area contributed by atoms with Crippen molar-refractivity contribution in [2.75, 3.05) is 25.5 Å². The second-order valence-electron chi connectivity index (χ2n) is 5.55. The van der Waals surface area contributed by atoms with Gasteiger partial charge in [-0.25, -0.2) is 0 Å². The number of rotatable bonds is 4. The molecule has 2 aliphatic rings. The molecule has 1 N–H and O–H groups in total. The Balaban J connectivity index is 1.52. The van der Waals surface area contributed by atoms with E-state index >= 15 is 0 Å². The highest BCUT2D eigenvalue weighted by molar-refractivity contribution is 7.99. The second kappa shape index (κ2) is 6.64. The van der Waals surface area contributed by atoms with Gasteiger partial charge in [0.2, 0.25) is 5.91 Å². The fraction of sp³-hybridized carbons (Fsp3) is 0.562. The lowest BCUT2D eigenvalue weighted by Gasteiger charge is -2.25. The van der Waals surface area contributed by atoms with E-state index in [1.165, 1.54) is 11.1 Å². The summed E-state index contributed by atoms with van der Waals surface area (Å²) in [4.78, 5) is 12.0. The zero-order valence-corrected chi connectivity index (χ0v) is 12.5. The molecule has 3 rings (SSSR count). The molecule has 0 aliphatic carbocycles. The third-order valence-electron chi connectivity index (χ3n) is 4.08. The number of amides is 1. The maximum Gasteiger partial charge on any atom is 0.220 e. The number of carbonyl (C=O) groups is 1. The van der Waals surface area contributed by atoms with Gasteiger partial charge in [-0.1, -0.05) is 24.3 Å². The van der Waals surface area contributed by atoms with Crippen molar-refractivity contribution >= 4 is 17.7 Å². The van der Waals surface area contributed by atoms with Gasteiger partial charge in [-0.05, 0) is 35.6 Å². The van der Waals surface area contributed by atoms with Crippen molar-refractivity contribution in [3.05, 3.63) is 35.4 Å². The number of ether oxygens (including phenoxy) is 1. The summed E-state index contributed by atoms with van der Waals surface area (Å²) in [5.74, 6) is 1.74. The van der Waals surface area contributed by atoms with E-state index in [9.17, 15) is 4.79 Å². The van der Waals surface area contributed by atoms with Crippen LogP contribution in [-0.2, 0) is 16.0 Å². The first-order chi connectivity index (χ1) is 9.83. The minimum Gasteiger partial charge on any atom is -0.381 e. The number of benzene rings is 1. The van der Waals surface area contributed by atoms with Gasteiger partial charge in [-0.3, -0.25) is 4.79 Å². The van der Waals surface area contributed by atoms with E-state index in [0.29, 0.717) is 17.6 Å². The van der Waals surface area contributed by atoms with Crippen LogP contribution in [0.4, 0.5) is 0 Å². The highest BCUT2D eigenvalue weighted by atomic mass is 32.2. The summed E-state index contributed by atoms with van der Waals surface area (Å²) < 4.78 is 5.31. The summed E-state index contributed by atoms with van der Waals surface area (Å²) in [5, 5.41) is 3.51. The molecule has 1 saturated heterocycles. The van der Waals surface area contributed by atoms with Crippen LogP contribution >= 0.6 is 11.8 Å². The Hall–Kier alpha value is -1.00. The van der Waals surface area contributed by atoms with Gasteiger partial charge in [-0.15, -0.1) is 0 Å². The molecular formula is C16H21NO2S. The maximum atomic E-state index is 12.0. The van der Waals surface area contributed by atoms with Crippen LogP contribution in [0.25, 0.3) is 0 Å². The fourth-order valence-corrected chi connectivity index (χ4v) is 4.16. The van der Waals surface area contributed by atoms with Crippen molar-refractivity contribution in [1.82, 2.24) is 5.32 Å². The number of hydrogen-bond acceptors (Lipinski definition) is 3. The summed E-state index contributed by atoms with van der Waals surface area (Å²) in [6.07, 6.45) is 2.78. The average Bonchev–Trinajstić information content (AvgIpc) is 2.98. The quantitative estimate of drug-likeness (QED) is 0.926. The molecule has 108 valence electrons. The Morgan fingerprint density at radius 2 is 2.30 bits per heavy atom. The Morgan fingerprint density at radius 1 is 1.40 bits per heavy atom. The summed E-state index contributed by atoms with van der Waals surface area (Å²) >= 11 is 1.95. The standard InChI is InChI=1S/C16H21NO2S/c18-16(9-12-5-7-19-11-12)17-10-15-14-4-2-1-3-13(14)6-8-20-15/h1-4,12,15H,5-11H2,(H,17,18). The van der Waals surface area contributed by atoms with Crippen molar-refractivity contribution in [1.29, 1.82) is 0 Å². The largest absolute Gasteiger partial charge is 0.381 e. The van der Waals surface area contributed by atoms with Crippen LogP contribution in [0.15, 0.2) is 24.3 Å². The van der Waals surface area contributed by atoms with Gasteiger partial charge < -0.3 is 10.1 Å². The molecule has 20 heavy (non-hydrogen) atoms. The molecule has 2 unspecified atom stereocenters. The molecule has 4 heteroatoms. The normalized spacial score (nSPS) is 25.2. The van der Waals surface area contributed by atoms with Crippen LogP contribution < -0.4 is 5.32 Å². The number of aryl methyl sites for hydroxylation is 1. The van der Waals surface area contributed by atoms with Crippen molar-refractivity contribution in [2.45, 2.75) is 24.5 Å². The topological polar surface area (TPSA) is 38.3 Å². The SMILES string of the molecule is O=C(CC1CCOC1)NCC1SCCc2ccccc21. The lowest BCUT2D eigenvalue weighted by Crippen LogP contribution is -2.30.